The van der Waals surface area contributed by atoms with Crippen LogP contribution in [0.1, 0.15) is 30.5 Å². The first kappa shape index (κ1) is 32.4. The van der Waals surface area contributed by atoms with Crippen molar-refractivity contribution in [2.75, 3.05) is 6.61 Å². The van der Waals surface area contributed by atoms with Crippen LogP contribution in [0.25, 0.3) is 0 Å². The van der Waals surface area contributed by atoms with Gasteiger partial charge in [-0.25, -0.2) is 5.43 Å². The molecular formula is C34H33Cl2N3O5. The number of amides is 2. The predicted molar refractivity (Wildman–Crippen MR) is 173 cm³/mol. The number of hydrazone groups is 1. The molecule has 4 aromatic carbocycles. The Kier molecular flexibility index (Phi) is 12.0. The number of carbonyl (C=O) groups is 2. The van der Waals surface area contributed by atoms with E-state index in [1.807, 2.05) is 73.7 Å². The van der Waals surface area contributed by atoms with E-state index in [9.17, 15) is 9.59 Å². The molecule has 0 aromatic heterocycles. The number of hydrogen-bond donors (Lipinski definition) is 2. The molecule has 44 heavy (non-hydrogen) atoms. The van der Waals surface area contributed by atoms with Crippen LogP contribution in [0.3, 0.4) is 0 Å². The van der Waals surface area contributed by atoms with Gasteiger partial charge >= 0.3 is 0 Å². The number of nitrogens with zero attached hydrogens (tertiary/aromatic N) is 1. The zero-order valence-corrected chi connectivity index (χ0v) is 25.8. The standard InChI is InChI=1S/C34H33Cl2N3O5/c1-3-42-32-19-26(14-16-31(32)43-22-25-12-8-5-9-13-25)21-37-39-34(41)29(18-24-10-6-4-7-11-24)38-33(40)23(2)44-30-17-15-27(35)20-28(30)36/h4-17,19-21,23,29H,3,18,22H2,1-2H3,(H,38,40)(H,39,41)/b37-21-/t23-,29-/m1/s1. The van der Waals surface area contributed by atoms with Crippen LogP contribution >= 0.6 is 23.2 Å². The molecule has 0 spiro atoms. The Balaban J connectivity index is 1.41. The van der Waals surface area contributed by atoms with E-state index in [2.05, 4.69) is 15.8 Å². The number of ether oxygens (including phenoxy) is 3. The minimum Gasteiger partial charge on any atom is -0.490 e. The average Bonchev–Trinajstić information content (AvgIpc) is 3.02. The Bertz CT molecular complexity index is 1570. The van der Waals surface area contributed by atoms with E-state index < -0.39 is 24.0 Å². The summed E-state index contributed by atoms with van der Waals surface area (Å²) in [6, 6.07) is 28.4. The van der Waals surface area contributed by atoms with Crippen molar-refractivity contribution in [2.45, 2.75) is 39.0 Å². The molecule has 0 fully saturated rings. The highest BCUT2D eigenvalue weighted by atomic mass is 35.5. The number of hydrogen-bond acceptors (Lipinski definition) is 6. The Labute approximate surface area is 266 Å². The molecule has 0 aliphatic carbocycles. The number of carbonyl (C=O) groups excluding carboxylic acids is 2. The first-order valence-corrected chi connectivity index (χ1v) is 14.8. The molecule has 0 saturated carbocycles. The van der Waals surface area contributed by atoms with Crippen molar-refractivity contribution < 1.29 is 23.8 Å². The van der Waals surface area contributed by atoms with Crippen molar-refractivity contribution in [3.63, 3.8) is 0 Å². The minimum absolute atomic E-state index is 0.240. The fraction of sp³-hybridized carbons (Fsp3) is 0.206. The van der Waals surface area contributed by atoms with Crippen LogP contribution in [0.15, 0.2) is 102 Å². The van der Waals surface area contributed by atoms with Crippen molar-refractivity contribution in [3.05, 3.63) is 124 Å². The monoisotopic (exact) mass is 633 g/mol. The van der Waals surface area contributed by atoms with Gasteiger partial charge in [0, 0.05) is 11.4 Å². The van der Waals surface area contributed by atoms with E-state index in [-0.39, 0.29) is 11.4 Å². The van der Waals surface area contributed by atoms with Gasteiger partial charge in [-0.2, -0.15) is 5.10 Å². The molecule has 2 amide bonds. The molecule has 228 valence electrons. The number of benzene rings is 4. The van der Waals surface area contributed by atoms with E-state index in [1.54, 1.807) is 31.2 Å². The van der Waals surface area contributed by atoms with Crippen LogP contribution < -0.4 is 25.0 Å². The summed E-state index contributed by atoms with van der Waals surface area (Å²) in [5.41, 5.74) is 5.12. The summed E-state index contributed by atoms with van der Waals surface area (Å²) in [5.74, 6) is 0.461. The van der Waals surface area contributed by atoms with Gasteiger partial charge < -0.3 is 19.5 Å². The van der Waals surface area contributed by atoms with Gasteiger partial charge in [0.15, 0.2) is 17.6 Å². The lowest BCUT2D eigenvalue weighted by Crippen LogP contribution is -2.50. The second-order valence-corrected chi connectivity index (χ2v) is 10.6. The van der Waals surface area contributed by atoms with Crippen molar-refractivity contribution >= 4 is 41.2 Å². The molecular weight excluding hydrogens is 601 g/mol. The molecule has 0 heterocycles. The van der Waals surface area contributed by atoms with E-state index in [1.165, 1.54) is 12.3 Å². The molecule has 4 aromatic rings. The molecule has 0 radical (unpaired) electrons. The molecule has 0 aliphatic heterocycles. The van der Waals surface area contributed by atoms with E-state index in [0.717, 1.165) is 11.1 Å². The highest BCUT2D eigenvalue weighted by molar-refractivity contribution is 6.35. The van der Waals surface area contributed by atoms with Gasteiger partial charge in [0.2, 0.25) is 0 Å². The Morgan fingerprint density at radius 1 is 0.818 bits per heavy atom. The molecule has 2 N–H and O–H groups in total. The number of halogens is 2. The molecule has 10 heteroatoms. The summed E-state index contributed by atoms with van der Waals surface area (Å²) in [4.78, 5) is 26.3. The van der Waals surface area contributed by atoms with E-state index >= 15 is 0 Å². The Hall–Kier alpha value is -4.53. The van der Waals surface area contributed by atoms with Gasteiger partial charge in [-0.3, -0.25) is 9.59 Å². The van der Waals surface area contributed by atoms with Crippen molar-refractivity contribution in [3.8, 4) is 17.2 Å². The summed E-state index contributed by atoms with van der Waals surface area (Å²) in [7, 11) is 0. The molecule has 0 saturated heterocycles. The van der Waals surface area contributed by atoms with Crippen molar-refractivity contribution in [2.24, 2.45) is 5.10 Å². The van der Waals surface area contributed by atoms with Gasteiger partial charge in [0.25, 0.3) is 11.8 Å². The maximum Gasteiger partial charge on any atom is 0.262 e. The SMILES string of the molecule is CCOc1cc(/C=N\NC(=O)[C@@H](Cc2ccccc2)NC(=O)[C@@H](C)Oc2ccc(Cl)cc2Cl)ccc1OCc1ccccc1. The average molecular weight is 635 g/mol. The number of nitrogens with one attached hydrogen (secondary N) is 2. The van der Waals surface area contributed by atoms with E-state index in [0.29, 0.717) is 41.0 Å². The first-order valence-electron chi connectivity index (χ1n) is 14.0. The van der Waals surface area contributed by atoms with Crippen LogP contribution in [-0.2, 0) is 22.6 Å². The number of rotatable bonds is 14. The Morgan fingerprint density at radius 2 is 1.50 bits per heavy atom. The summed E-state index contributed by atoms with van der Waals surface area (Å²) < 4.78 is 17.5. The highest BCUT2D eigenvalue weighted by Gasteiger charge is 2.25. The molecule has 0 unspecified atom stereocenters. The lowest BCUT2D eigenvalue weighted by Gasteiger charge is -2.21. The lowest BCUT2D eigenvalue weighted by molar-refractivity contribution is -0.132. The third kappa shape index (κ3) is 9.76. The second-order valence-electron chi connectivity index (χ2n) is 9.73. The topological polar surface area (TPSA) is 98.2 Å². The fourth-order valence-electron chi connectivity index (χ4n) is 4.14. The molecule has 0 aliphatic rings. The van der Waals surface area contributed by atoms with Crippen LogP contribution in [0.5, 0.6) is 17.2 Å². The third-order valence-corrected chi connectivity index (χ3v) is 6.91. The summed E-state index contributed by atoms with van der Waals surface area (Å²) in [6.07, 6.45) is 0.796. The third-order valence-electron chi connectivity index (χ3n) is 6.38. The maximum absolute atomic E-state index is 13.2. The lowest BCUT2D eigenvalue weighted by atomic mass is 10.1. The highest BCUT2D eigenvalue weighted by Crippen LogP contribution is 2.29. The smallest absolute Gasteiger partial charge is 0.262 e. The van der Waals surface area contributed by atoms with Gasteiger partial charge in [-0.05, 0) is 66.9 Å². The predicted octanol–water partition coefficient (Wildman–Crippen LogP) is 6.62. The van der Waals surface area contributed by atoms with Crippen LogP contribution in [-0.4, -0.2) is 36.8 Å². The zero-order chi connectivity index (χ0) is 31.3. The summed E-state index contributed by atoms with van der Waals surface area (Å²) >= 11 is 12.1. The van der Waals surface area contributed by atoms with Gasteiger partial charge in [-0.15, -0.1) is 0 Å². The van der Waals surface area contributed by atoms with Gasteiger partial charge in [-0.1, -0.05) is 83.9 Å². The summed E-state index contributed by atoms with van der Waals surface area (Å²) in [6.45, 7) is 4.31. The fourth-order valence-corrected chi connectivity index (χ4v) is 4.59. The van der Waals surface area contributed by atoms with Gasteiger partial charge in [0.1, 0.15) is 18.4 Å². The Morgan fingerprint density at radius 3 is 2.18 bits per heavy atom. The second kappa shape index (κ2) is 16.4. The van der Waals surface area contributed by atoms with Crippen LogP contribution in [0.2, 0.25) is 10.0 Å². The summed E-state index contributed by atoms with van der Waals surface area (Å²) in [5, 5.41) is 7.62. The molecule has 2 atom stereocenters. The normalized spacial score (nSPS) is 12.3. The van der Waals surface area contributed by atoms with Crippen molar-refractivity contribution in [1.82, 2.24) is 10.7 Å². The largest absolute Gasteiger partial charge is 0.490 e. The van der Waals surface area contributed by atoms with Gasteiger partial charge in [0.05, 0.1) is 17.8 Å². The minimum atomic E-state index is -0.942. The van der Waals surface area contributed by atoms with Crippen LogP contribution in [0, 0.1) is 0 Å². The maximum atomic E-state index is 13.2. The zero-order valence-electron chi connectivity index (χ0n) is 24.3. The van der Waals surface area contributed by atoms with Crippen molar-refractivity contribution in [1.29, 1.82) is 0 Å². The van der Waals surface area contributed by atoms with Crippen LogP contribution in [0.4, 0.5) is 0 Å². The first-order chi connectivity index (χ1) is 21.3. The molecule has 0 bridgehead atoms. The van der Waals surface area contributed by atoms with E-state index in [4.69, 9.17) is 37.4 Å². The quantitative estimate of drug-likeness (QED) is 0.120. The molecule has 8 nitrogen and oxygen atoms in total. The molecule has 4 rings (SSSR count).